The van der Waals surface area contributed by atoms with Crippen LogP contribution in [0.1, 0.15) is 41.4 Å². The van der Waals surface area contributed by atoms with Crippen LogP contribution in [0, 0.1) is 29.1 Å². The van der Waals surface area contributed by atoms with Gasteiger partial charge in [-0.15, -0.1) is 11.3 Å². The first-order valence-corrected chi connectivity index (χ1v) is 15.1. The van der Waals surface area contributed by atoms with Crippen LogP contribution in [-0.2, 0) is 14.1 Å². The van der Waals surface area contributed by atoms with Crippen LogP contribution in [0.2, 0.25) is 0 Å². The average molecular weight is 646 g/mol. The summed E-state index contributed by atoms with van der Waals surface area (Å²) in [5.41, 5.74) is -0.189. The van der Waals surface area contributed by atoms with Crippen molar-refractivity contribution in [2.75, 3.05) is 6.61 Å². The quantitative estimate of drug-likeness (QED) is 0.0442. The molecule has 0 saturated carbocycles. The van der Waals surface area contributed by atoms with E-state index in [1.54, 1.807) is 25.1 Å². The lowest BCUT2D eigenvalue weighted by atomic mass is 10.2. The van der Waals surface area contributed by atoms with Crippen molar-refractivity contribution in [2.24, 2.45) is 0 Å². The Labute approximate surface area is 244 Å². The highest BCUT2D eigenvalue weighted by atomic mass is 32.1. The number of hydrogen-bond acceptors (Lipinski definition) is 7. The molecular formula is C28H22F6NO6PS. The van der Waals surface area contributed by atoms with Crippen LogP contribution < -0.4 is 14.3 Å². The molecule has 1 aromatic heterocycles. The zero-order valence-electron chi connectivity index (χ0n) is 22.3. The van der Waals surface area contributed by atoms with E-state index in [2.05, 4.69) is 9.82 Å². The van der Waals surface area contributed by atoms with E-state index < -0.39 is 66.2 Å². The summed E-state index contributed by atoms with van der Waals surface area (Å²) in [4.78, 5) is 24.6. The number of nitrogens with one attached hydrogen (secondary N) is 1. The number of rotatable bonds is 11. The van der Waals surface area contributed by atoms with Gasteiger partial charge < -0.3 is 14.0 Å². The number of halogens is 6. The number of carbonyl (C=O) groups is 2. The Morgan fingerprint density at radius 3 is 2.19 bits per heavy atom. The number of carbonyl (C=O) groups excluding carboxylic acids is 2. The summed E-state index contributed by atoms with van der Waals surface area (Å²) in [5.74, 6) is -18.0. The van der Waals surface area contributed by atoms with Crippen molar-refractivity contribution in [3.63, 3.8) is 0 Å². The molecule has 0 unspecified atom stereocenters. The van der Waals surface area contributed by atoms with Crippen molar-refractivity contribution in [1.82, 2.24) is 5.09 Å². The van der Waals surface area contributed by atoms with Crippen molar-refractivity contribution in [1.29, 1.82) is 0 Å². The van der Waals surface area contributed by atoms with Crippen molar-refractivity contribution in [3.8, 4) is 11.5 Å². The summed E-state index contributed by atoms with van der Waals surface area (Å²) in [6, 6.07) is 11.4. The highest BCUT2D eigenvalue weighted by Crippen LogP contribution is 2.58. The molecule has 4 aromatic rings. The molecule has 0 bridgehead atoms. The highest BCUT2D eigenvalue weighted by molar-refractivity contribution is 7.57. The van der Waals surface area contributed by atoms with Crippen LogP contribution in [0.4, 0.5) is 26.3 Å². The van der Waals surface area contributed by atoms with Gasteiger partial charge in [0.05, 0.1) is 6.61 Å². The monoisotopic (exact) mass is 645 g/mol. The molecule has 4 rings (SSSR count). The first-order valence-electron chi connectivity index (χ1n) is 12.6. The van der Waals surface area contributed by atoms with Gasteiger partial charge in [0, 0.05) is 4.70 Å². The maximum absolute atomic E-state index is 16.0. The Kier molecular flexibility index (Phi) is 9.83. The summed E-state index contributed by atoms with van der Waals surface area (Å²) in [7, 11) is -4.55. The molecule has 0 spiro atoms. The van der Waals surface area contributed by atoms with E-state index in [1.165, 1.54) is 37.3 Å². The number of para-hydroxylation sites is 1. The van der Waals surface area contributed by atoms with Gasteiger partial charge >= 0.3 is 19.5 Å². The third-order valence-corrected chi connectivity index (χ3v) is 9.06. The molecule has 228 valence electrons. The number of hydrogen-bond donors (Lipinski definition) is 1. The fraction of sp³-hybridized carbons (Fsp3) is 0.214. The SMILES string of the molecule is CCCOC(=O)[C@H](C)N[P@@](=O)(Oc1ccccc1)[C@H](F)c1ccc2sc(C(=O)Oc3c(F)c(F)c(F)c(F)c3F)cc2c1. The molecule has 0 radical (unpaired) electrons. The van der Waals surface area contributed by atoms with Crippen molar-refractivity contribution in [3.05, 3.63) is 94.1 Å². The van der Waals surface area contributed by atoms with Crippen molar-refractivity contribution in [2.45, 2.75) is 32.2 Å². The van der Waals surface area contributed by atoms with Crippen LogP contribution in [0.15, 0.2) is 54.6 Å². The second-order valence-corrected chi connectivity index (χ2v) is 12.2. The van der Waals surface area contributed by atoms with Gasteiger partial charge in [-0.25, -0.2) is 27.4 Å². The number of ether oxygens (including phenoxy) is 2. The van der Waals surface area contributed by atoms with Crippen LogP contribution in [0.25, 0.3) is 10.1 Å². The Morgan fingerprint density at radius 2 is 1.56 bits per heavy atom. The Morgan fingerprint density at radius 1 is 0.930 bits per heavy atom. The van der Waals surface area contributed by atoms with Crippen molar-refractivity contribution < 1.29 is 54.5 Å². The molecule has 0 saturated heterocycles. The van der Waals surface area contributed by atoms with Gasteiger partial charge in [-0.3, -0.25) is 9.36 Å². The van der Waals surface area contributed by atoms with E-state index >= 15 is 4.39 Å². The van der Waals surface area contributed by atoms with E-state index in [-0.39, 0.29) is 28.2 Å². The Balaban J connectivity index is 1.63. The maximum atomic E-state index is 16.0. The number of esters is 2. The fourth-order valence-corrected chi connectivity index (χ4v) is 6.58. The van der Waals surface area contributed by atoms with Gasteiger partial charge in [-0.05, 0) is 54.6 Å². The predicted octanol–water partition coefficient (Wildman–Crippen LogP) is 7.99. The molecule has 0 aliphatic heterocycles. The van der Waals surface area contributed by atoms with E-state index in [1.807, 2.05) is 0 Å². The zero-order valence-corrected chi connectivity index (χ0v) is 24.0. The van der Waals surface area contributed by atoms with Crippen LogP contribution in [0.3, 0.4) is 0 Å². The standard InChI is InChI=1S/C28H22F6NO6PS/c1-3-11-39-27(36)14(2)35-42(38,41-17-7-5-4-6-8-17)26(34)15-9-10-18-16(12-15)13-19(43-18)28(37)40-25-23(32)21(30)20(29)22(31)24(25)33/h4-10,12-14,26H,3,11H2,1-2H3,(H,35,38)/t14-,26-,42-/m0/s1. The van der Waals surface area contributed by atoms with Gasteiger partial charge in [0.1, 0.15) is 16.7 Å². The summed E-state index contributed by atoms with van der Waals surface area (Å²) in [6.45, 7) is 3.20. The smallest absolute Gasteiger partial charge is 0.355 e. The third-order valence-electron chi connectivity index (χ3n) is 5.84. The molecule has 7 nitrogen and oxygen atoms in total. The van der Waals surface area contributed by atoms with E-state index in [0.717, 1.165) is 17.4 Å². The summed E-state index contributed by atoms with van der Waals surface area (Å²) >= 11 is 0.720. The molecule has 3 atom stereocenters. The largest absolute Gasteiger partial charge is 0.465 e. The second kappa shape index (κ2) is 13.2. The molecule has 1 N–H and O–H groups in total. The summed E-state index contributed by atoms with van der Waals surface area (Å²) in [5, 5.41) is 2.62. The minimum Gasteiger partial charge on any atom is -0.465 e. The van der Waals surface area contributed by atoms with Crippen molar-refractivity contribution >= 4 is 40.9 Å². The fourth-order valence-electron chi connectivity index (χ4n) is 3.75. The molecule has 0 amide bonds. The zero-order chi connectivity index (χ0) is 31.5. The molecule has 1 heterocycles. The lowest BCUT2D eigenvalue weighted by Gasteiger charge is -2.26. The minimum absolute atomic E-state index is 0.0462. The summed E-state index contributed by atoms with van der Waals surface area (Å²) in [6.07, 6.45) is 0.528. The summed E-state index contributed by atoms with van der Waals surface area (Å²) < 4.78 is 114. The Hall–Kier alpha value is -3.87. The van der Waals surface area contributed by atoms with E-state index in [0.29, 0.717) is 11.1 Å². The topological polar surface area (TPSA) is 90.9 Å². The predicted molar refractivity (Wildman–Crippen MR) is 145 cm³/mol. The molecule has 0 fully saturated rings. The maximum Gasteiger partial charge on any atom is 0.355 e. The lowest BCUT2D eigenvalue weighted by Crippen LogP contribution is -2.35. The Bertz CT molecular complexity index is 1690. The van der Waals surface area contributed by atoms with E-state index in [4.69, 9.17) is 9.26 Å². The van der Waals surface area contributed by atoms with Gasteiger partial charge in [0.25, 0.3) is 0 Å². The first-order chi connectivity index (χ1) is 20.4. The van der Waals surface area contributed by atoms with Gasteiger partial charge in [-0.1, -0.05) is 31.2 Å². The van der Waals surface area contributed by atoms with Crippen LogP contribution >= 0.6 is 18.9 Å². The van der Waals surface area contributed by atoms with Crippen LogP contribution in [-0.4, -0.2) is 24.6 Å². The second-order valence-electron chi connectivity index (χ2n) is 9.05. The highest BCUT2D eigenvalue weighted by Gasteiger charge is 2.41. The minimum atomic E-state index is -4.55. The molecule has 0 aliphatic rings. The number of thiophene rings is 1. The number of fused-ring (bicyclic) bond motifs is 1. The van der Waals surface area contributed by atoms with Gasteiger partial charge in [0.15, 0.2) is 0 Å². The number of alkyl halides is 1. The third kappa shape index (κ3) is 6.87. The molecule has 3 aromatic carbocycles. The molecule has 0 aliphatic carbocycles. The first kappa shape index (κ1) is 32.1. The molecule has 15 heteroatoms. The van der Waals surface area contributed by atoms with Crippen LogP contribution in [0.5, 0.6) is 11.5 Å². The lowest BCUT2D eigenvalue weighted by molar-refractivity contribution is -0.145. The van der Waals surface area contributed by atoms with Gasteiger partial charge in [-0.2, -0.15) is 8.78 Å². The normalized spacial score (nSPS) is 14.1. The molecule has 43 heavy (non-hydrogen) atoms. The molecular weight excluding hydrogens is 623 g/mol. The van der Waals surface area contributed by atoms with Gasteiger partial charge in [0.2, 0.25) is 40.7 Å². The average Bonchev–Trinajstić information content (AvgIpc) is 3.43. The van der Waals surface area contributed by atoms with E-state index in [9.17, 15) is 36.1 Å². The number of benzene rings is 3.